The smallest absolute Gasteiger partial charge is 0.281 e. The Morgan fingerprint density at radius 1 is 0.867 bits per heavy atom. The summed E-state index contributed by atoms with van der Waals surface area (Å²) in [6.07, 6.45) is 0. The number of rotatable bonds is 0. The summed E-state index contributed by atoms with van der Waals surface area (Å²) in [4.78, 5) is 22.5. The predicted molar refractivity (Wildman–Crippen MR) is 50.2 cm³/mol. The first-order valence-electron chi connectivity index (χ1n) is 2.85. The molecule has 6 heteroatoms. The SMILES string of the molecule is Oc1ccc(Cl)cc1.[C]=O.[C]=O.[C]=O.[Cr]. The van der Waals surface area contributed by atoms with Crippen molar-refractivity contribution in [1.82, 2.24) is 0 Å². The minimum Gasteiger partial charge on any atom is -0.508 e. The molecule has 6 radical (unpaired) electrons. The Kier molecular flexibility index (Phi) is 36.2. The maximum Gasteiger partial charge on any atom is 0.281 e. The van der Waals surface area contributed by atoms with Crippen LogP contribution in [-0.4, -0.2) is 25.5 Å². The van der Waals surface area contributed by atoms with Crippen molar-refractivity contribution in [3.05, 3.63) is 29.3 Å². The van der Waals surface area contributed by atoms with Crippen molar-refractivity contribution < 1.29 is 36.9 Å². The molecule has 1 aromatic rings. The summed E-state index contributed by atoms with van der Waals surface area (Å²) in [6, 6.07) is 6.36. The summed E-state index contributed by atoms with van der Waals surface area (Å²) < 4.78 is 0. The van der Waals surface area contributed by atoms with Crippen LogP contribution in [0.3, 0.4) is 0 Å². The molecule has 15 heavy (non-hydrogen) atoms. The van der Waals surface area contributed by atoms with Crippen molar-refractivity contribution in [2.24, 2.45) is 0 Å². The molecule has 1 N–H and O–H groups in total. The molecule has 0 atom stereocenters. The molecule has 0 fully saturated rings. The average Bonchev–Trinajstić information content (AvgIpc) is 2.31. The van der Waals surface area contributed by atoms with Gasteiger partial charge in [0, 0.05) is 22.4 Å². The van der Waals surface area contributed by atoms with Gasteiger partial charge in [0.25, 0.3) is 20.4 Å². The van der Waals surface area contributed by atoms with E-state index in [4.69, 9.17) is 31.1 Å². The van der Waals surface area contributed by atoms with Crippen molar-refractivity contribution in [2.45, 2.75) is 0 Å². The van der Waals surface area contributed by atoms with E-state index < -0.39 is 0 Å². The van der Waals surface area contributed by atoms with Gasteiger partial charge in [0.15, 0.2) is 0 Å². The number of benzene rings is 1. The molecular weight excluding hydrogens is 260 g/mol. The summed E-state index contributed by atoms with van der Waals surface area (Å²) in [5, 5.41) is 9.34. The van der Waals surface area contributed by atoms with Gasteiger partial charge in [-0.3, -0.25) is 14.4 Å². The molecule has 1 aromatic carbocycles. The Balaban J connectivity index is -0.0000000755. The van der Waals surface area contributed by atoms with Crippen LogP contribution in [0.2, 0.25) is 5.02 Å². The van der Waals surface area contributed by atoms with Crippen LogP contribution in [0.1, 0.15) is 0 Å². The van der Waals surface area contributed by atoms with E-state index >= 15 is 0 Å². The van der Waals surface area contributed by atoms with E-state index in [1.807, 2.05) is 0 Å². The van der Waals surface area contributed by atoms with Gasteiger partial charge in [-0.05, 0) is 24.3 Å². The fourth-order valence-corrected chi connectivity index (χ4v) is 0.567. The molecule has 0 saturated carbocycles. The van der Waals surface area contributed by atoms with Gasteiger partial charge in [0.1, 0.15) is 5.75 Å². The Hall–Kier alpha value is -1.15. The molecule has 1 rings (SSSR count). The van der Waals surface area contributed by atoms with Gasteiger partial charge in [0.05, 0.1) is 0 Å². The van der Waals surface area contributed by atoms with Crippen LogP contribution in [0.25, 0.3) is 0 Å². The maximum atomic E-state index is 8.70. The molecule has 0 amide bonds. The zero-order valence-electron chi connectivity index (χ0n) is 7.27. The minimum atomic E-state index is 0. The van der Waals surface area contributed by atoms with Gasteiger partial charge < -0.3 is 5.11 Å². The number of phenolic OH excluding ortho intramolecular Hbond substituents is 1. The van der Waals surface area contributed by atoms with Crippen molar-refractivity contribution in [2.75, 3.05) is 0 Å². The molecule has 0 heterocycles. The molecule has 0 aliphatic heterocycles. The van der Waals surface area contributed by atoms with E-state index in [1.165, 1.54) is 0 Å². The van der Waals surface area contributed by atoms with Crippen molar-refractivity contribution >= 4 is 32.0 Å². The molecular formula is C9H5ClCrO4. The third kappa shape index (κ3) is 19.3. The van der Waals surface area contributed by atoms with Gasteiger partial charge in [0.2, 0.25) is 0 Å². The topological polar surface area (TPSA) is 71.4 Å². The molecule has 4 nitrogen and oxygen atoms in total. The van der Waals surface area contributed by atoms with Gasteiger partial charge >= 0.3 is 0 Å². The largest absolute Gasteiger partial charge is 0.508 e. The van der Waals surface area contributed by atoms with Crippen LogP contribution in [0, 0.1) is 0 Å². The van der Waals surface area contributed by atoms with Crippen LogP contribution in [0.4, 0.5) is 0 Å². The van der Waals surface area contributed by atoms with Crippen molar-refractivity contribution in [1.29, 1.82) is 0 Å². The molecule has 0 unspecified atom stereocenters. The second kappa shape index (κ2) is 23.0. The van der Waals surface area contributed by atoms with Crippen LogP contribution in [-0.2, 0) is 31.7 Å². The zero-order chi connectivity index (χ0) is 12.0. The average molecular weight is 265 g/mol. The third-order valence-corrected chi connectivity index (χ3v) is 1.08. The van der Waals surface area contributed by atoms with Crippen LogP contribution in [0.5, 0.6) is 5.75 Å². The van der Waals surface area contributed by atoms with E-state index in [-0.39, 0.29) is 23.1 Å². The van der Waals surface area contributed by atoms with E-state index in [0.29, 0.717) is 5.02 Å². The minimum absolute atomic E-state index is 0. The van der Waals surface area contributed by atoms with Gasteiger partial charge in [-0.2, -0.15) is 0 Å². The summed E-state index contributed by atoms with van der Waals surface area (Å²) in [5.74, 6) is 0.245. The third-order valence-electron chi connectivity index (χ3n) is 0.827. The number of phenols is 1. The Morgan fingerprint density at radius 3 is 1.33 bits per heavy atom. The van der Waals surface area contributed by atoms with E-state index in [9.17, 15) is 0 Å². The number of hydrogen-bond acceptors (Lipinski definition) is 4. The number of carbonyl (C=O) groups excluding carboxylic acids is 3. The molecule has 0 saturated heterocycles. The molecule has 0 aliphatic carbocycles. The monoisotopic (exact) mass is 264 g/mol. The molecule has 78 valence electrons. The maximum absolute atomic E-state index is 8.70. The summed E-state index contributed by atoms with van der Waals surface area (Å²) in [5.41, 5.74) is 0. The first-order chi connectivity index (χ1) is 6.79. The standard InChI is InChI=1S/C6H5ClO.3CO.Cr/c7-5-1-3-6(8)4-2-5;3*1-2;/h1-4,8H;;;;. The predicted octanol–water partition coefficient (Wildman–Crippen LogP) is 0.852. The first-order valence-corrected chi connectivity index (χ1v) is 3.22. The quantitative estimate of drug-likeness (QED) is 0.754. The van der Waals surface area contributed by atoms with Crippen LogP contribution in [0.15, 0.2) is 24.3 Å². The van der Waals surface area contributed by atoms with Gasteiger partial charge in [-0.1, -0.05) is 11.6 Å². The second-order valence-electron chi connectivity index (χ2n) is 1.48. The molecule has 0 bridgehead atoms. The fraction of sp³-hybridized carbons (Fsp3) is 0. The van der Waals surface area contributed by atoms with E-state index in [2.05, 4.69) is 20.4 Å². The molecule has 0 aromatic heterocycles. The first kappa shape index (κ1) is 23.6. The normalized spacial score (nSPS) is 5.67. The summed E-state index contributed by atoms with van der Waals surface area (Å²) in [7, 11) is 0. The summed E-state index contributed by atoms with van der Waals surface area (Å²) in [6.45, 7) is 13.5. The van der Waals surface area contributed by atoms with Crippen molar-refractivity contribution in [3.8, 4) is 5.75 Å². The number of aromatic hydroxyl groups is 1. The van der Waals surface area contributed by atoms with Gasteiger partial charge in [-0.15, -0.1) is 0 Å². The molecule has 0 aliphatic rings. The van der Waals surface area contributed by atoms with E-state index in [1.54, 1.807) is 24.3 Å². The van der Waals surface area contributed by atoms with Gasteiger partial charge in [-0.25, -0.2) is 0 Å². The van der Waals surface area contributed by atoms with Crippen molar-refractivity contribution in [3.63, 3.8) is 0 Å². The number of hydrogen-bond donors (Lipinski definition) is 1. The Labute approximate surface area is 104 Å². The second-order valence-corrected chi connectivity index (χ2v) is 1.91. The summed E-state index contributed by atoms with van der Waals surface area (Å²) >= 11 is 5.50. The molecule has 0 spiro atoms. The van der Waals surface area contributed by atoms with E-state index in [0.717, 1.165) is 0 Å². The van der Waals surface area contributed by atoms with Crippen LogP contribution >= 0.6 is 11.6 Å². The number of halogens is 1. The Bertz CT molecular complexity index is 192. The zero-order valence-corrected chi connectivity index (χ0v) is 9.30. The fourth-order valence-electron chi connectivity index (χ4n) is 0.441. The van der Waals surface area contributed by atoms with Crippen LogP contribution < -0.4 is 0 Å². The Morgan fingerprint density at radius 2 is 1.13 bits per heavy atom.